The molecule has 0 atom stereocenters. The third kappa shape index (κ3) is 4.82. The van der Waals surface area contributed by atoms with Crippen LogP contribution in [0.25, 0.3) is 0 Å². The lowest BCUT2D eigenvalue weighted by molar-refractivity contribution is -0.118. The highest BCUT2D eigenvalue weighted by Crippen LogP contribution is 2.16. The van der Waals surface area contributed by atoms with Crippen molar-refractivity contribution >= 4 is 15.7 Å². The van der Waals surface area contributed by atoms with E-state index in [9.17, 15) is 13.2 Å². The number of sulfone groups is 1. The zero-order valence-corrected chi connectivity index (χ0v) is 13.3. The zero-order valence-electron chi connectivity index (χ0n) is 12.5. The molecule has 6 heteroatoms. The van der Waals surface area contributed by atoms with Gasteiger partial charge in [-0.1, -0.05) is 32.0 Å². The molecule has 0 spiro atoms. The average molecular weight is 310 g/mol. The Hall–Kier alpha value is -1.40. The first-order chi connectivity index (χ1) is 9.85. The van der Waals surface area contributed by atoms with Crippen LogP contribution in [0.1, 0.15) is 30.5 Å². The molecule has 1 aliphatic rings. The number of carbonyl (C=O) groups excluding carboxylic acids is 1. The van der Waals surface area contributed by atoms with Crippen molar-refractivity contribution in [2.45, 2.75) is 33.5 Å². The van der Waals surface area contributed by atoms with Crippen LogP contribution in [0.3, 0.4) is 0 Å². The molecule has 0 saturated heterocycles. The van der Waals surface area contributed by atoms with Crippen molar-refractivity contribution < 1.29 is 13.2 Å². The molecule has 2 rings (SSSR count). The number of carbonyl (C=O) groups is 1. The summed E-state index contributed by atoms with van der Waals surface area (Å²) in [6, 6.07) is 6.07. The molecule has 116 valence electrons. The summed E-state index contributed by atoms with van der Waals surface area (Å²) in [6.07, 6.45) is 0. The first-order valence-electron chi connectivity index (χ1n) is 7.14. The monoisotopic (exact) mass is 310 g/mol. The van der Waals surface area contributed by atoms with Gasteiger partial charge >= 0.3 is 0 Å². The van der Waals surface area contributed by atoms with E-state index in [1.165, 1.54) is 11.1 Å². The number of hydrogen-bond acceptors (Lipinski definition) is 4. The SMILES string of the molecule is CC(C)CS(=O)(=O)CC(=O)NCc1ccc2c(c1)CNC2. The van der Waals surface area contributed by atoms with Crippen LogP contribution in [0, 0.1) is 5.92 Å². The molecule has 0 radical (unpaired) electrons. The smallest absolute Gasteiger partial charge is 0.235 e. The fourth-order valence-corrected chi connectivity index (χ4v) is 4.11. The van der Waals surface area contributed by atoms with Crippen LogP contribution < -0.4 is 10.6 Å². The molecule has 1 heterocycles. The Morgan fingerprint density at radius 2 is 2.00 bits per heavy atom. The van der Waals surface area contributed by atoms with E-state index in [1.54, 1.807) is 0 Å². The highest BCUT2D eigenvalue weighted by Gasteiger charge is 2.18. The molecule has 1 aromatic carbocycles. The van der Waals surface area contributed by atoms with Crippen molar-refractivity contribution in [3.05, 3.63) is 34.9 Å². The second-order valence-corrected chi connectivity index (χ2v) is 8.04. The zero-order chi connectivity index (χ0) is 15.5. The van der Waals surface area contributed by atoms with Crippen molar-refractivity contribution in [1.29, 1.82) is 0 Å². The first kappa shape index (κ1) is 16.0. The Kier molecular flexibility index (Phi) is 5.00. The van der Waals surface area contributed by atoms with Crippen LogP contribution in [0.2, 0.25) is 0 Å². The molecule has 0 aromatic heterocycles. The first-order valence-corrected chi connectivity index (χ1v) is 8.96. The van der Waals surface area contributed by atoms with Gasteiger partial charge in [0, 0.05) is 19.6 Å². The maximum Gasteiger partial charge on any atom is 0.235 e. The van der Waals surface area contributed by atoms with Crippen molar-refractivity contribution in [3.63, 3.8) is 0 Å². The van der Waals surface area contributed by atoms with E-state index < -0.39 is 21.5 Å². The van der Waals surface area contributed by atoms with Crippen LogP contribution in [0.15, 0.2) is 18.2 Å². The summed E-state index contributed by atoms with van der Waals surface area (Å²) in [5.74, 6) is -0.788. The molecule has 2 N–H and O–H groups in total. The van der Waals surface area contributed by atoms with E-state index in [0.29, 0.717) is 6.54 Å². The quantitative estimate of drug-likeness (QED) is 0.821. The molecule has 5 nitrogen and oxygen atoms in total. The van der Waals surface area contributed by atoms with E-state index in [-0.39, 0.29) is 11.7 Å². The second kappa shape index (κ2) is 6.58. The van der Waals surface area contributed by atoms with E-state index in [2.05, 4.69) is 16.7 Å². The predicted molar refractivity (Wildman–Crippen MR) is 82.3 cm³/mol. The maximum atomic E-state index is 11.7. The van der Waals surface area contributed by atoms with Gasteiger partial charge in [-0.25, -0.2) is 8.42 Å². The van der Waals surface area contributed by atoms with Crippen LogP contribution in [0.4, 0.5) is 0 Å². The molecule has 1 aliphatic heterocycles. The normalized spacial score (nSPS) is 14.2. The number of benzene rings is 1. The number of fused-ring (bicyclic) bond motifs is 1. The molecule has 0 bridgehead atoms. The van der Waals surface area contributed by atoms with Gasteiger partial charge in [0.15, 0.2) is 9.84 Å². The van der Waals surface area contributed by atoms with Crippen molar-refractivity contribution in [3.8, 4) is 0 Å². The Balaban J connectivity index is 1.87. The van der Waals surface area contributed by atoms with Gasteiger partial charge in [0.1, 0.15) is 5.75 Å². The summed E-state index contributed by atoms with van der Waals surface area (Å²) in [4.78, 5) is 11.7. The minimum atomic E-state index is -3.32. The van der Waals surface area contributed by atoms with Gasteiger partial charge in [0.05, 0.1) is 5.75 Å². The van der Waals surface area contributed by atoms with Crippen molar-refractivity contribution in [2.75, 3.05) is 11.5 Å². The van der Waals surface area contributed by atoms with E-state index in [1.807, 2.05) is 26.0 Å². The van der Waals surface area contributed by atoms with Gasteiger partial charge in [0.2, 0.25) is 5.91 Å². The lowest BCUT2D eigenvalue weighted by Gasteiger charge is -2.09. The van der Waals surface area contributed by atoms with E-state index in [4.69, 9.17) is 0 Å². The lowest BCUT2D eigenvalue weighted by Crippen LogP contribution is -2.31. The van der Waals surface area contributed by atoms with Crippen LogP contribution in [0.5, 0.6) is 0 Å². The summed E-state index contributed by atoms with van der Waals surface area (Å²) in [5, 5.41) is 5.94. The summed E-state index contributed by atoms with van der Waals surface area (Å²) in [5.41, 5.74) is 3.52. The Morgan fingerprint density at radius 1 is 1.29 bits per heavy atom. The van der Waals surface area contributed by atoms with Crippen LogP contribution in [-0.2, 0) is 34.3 Å². The topological polar surface area (TPSA) is 75.3 Å². The van der Waals surface area contributed by atoms with Gasteiger partial charge in [0.25, 0.3) is 0 Å². The molecule has 1 amide bonds. The number of rotatable bonds is 6. The summed E-state index contributed by atoms with van der Waals surface area (Å²) in [6.45, 7) is 5.75. The molecule has 0 unspecified atom stereocenters. The minimum Gasteiger partial charge on any atom is -0.351 e. The van der Waals surface area contributed by atoms with Gasteiger partial charge in [-0.3, -0.25) is 4.79 Å². The third-order valence-electron chi connectivity index (χ3n) is 3.33. The highest BCUT2D eigenvalue weighted by molar-refractivity contribution is 7.92. The third-order valence-corrected chi connectivity index (χ3v) is 5.21. The number of hydrogen-bond donors (Lipinski definition) is 2. The molecule has 21 heavy (non-hydrogen) atoms. The number of nitrogens with one attached hydrogen (secondary N) is 2. The van der Waals surface area contributed by atoms with Gasteiger partial charge in [-0.05, 0) is 22.6 Å². The molecular formula is C15H22N2O3S. The fraction of sp³-hybridized carbons (Fsp3) is 0.533. The molecular weight excluding hydrogens is 288 g/mol. The second-order valence-electron chi connectivity index (χ2n) is 5.93. The van der Waals surface area contributed by atoms with Crippen molar-refractivity contribution in [1.82, 2.24) is 10.6 Å². The van der Waals surface area contributed by atoms with Crippen molar-refractivity contribution in [2.24, 2.45) is 5.92 Å². The summed E-state index contributed by atoms with van der Waals surface area (Å²) in [7, 11) is -3.32. The van der Waals surface area contributed by atoms with Gasteiger partial charge in [-0.2, -0.15) is 0 Å². The average Bonchev–Trinajstić information content (AvgIpc) is 2.81. The fourth-order valence-electron chi connectivity index (χ4n) is 2.48. The molecule has 0 saturated carbocycles. The molecule has 0 aliphatic carbocycles. The van der Waals surface area contributed by atoms with Crippen LogP contribution >= 0.6 is 0 Å². The minimum absolute atomic E-state index is 0.0343. The standard InChI is InChI=1S/C15H22N2O3S/c1-11(2)9-21(19,20)10-15(18)17-6-12-3-4-13-7-16-8-14(13)5-12/h3-5,11,16H,6-10H2,1-2H3,(H,17,18). The Bertz CT molecular complexity index is 624. The van der Waals surface area contributed by atoms with Gasteiger partial charge in [-0.15, -0.1) is 0 Å². The summed E-state index contributed by atoms with van der Waals surface area (Å²) < 4.78 is 23.5. The highest BCUT2D eigenvalue weighted by atomic mass is 32.2. The molecule has 0 fully saturated rings. The summed E-state index contributed by atoms with van der Waals surface area (Å²) >= 11 is 0. The molecule has 1 aromatic rings. The van der Waals surface area contributed by atoms with Gasteiger partial charge < -0.3 is 10.6 Å². The number of amides is 1. The predicted octanol–water partition coefficient (Wildman–Crippen LogP) is 0.977. The van der Waals surface area contributed by atoms with E-state index >= 15 is 0 Å². The Labute approximate surface area is 126 Å². The maximum absolute atomic E-state index is 11.7. The van der Waals surface area contributed by atoms with E-state index in [0.717, 1.165) is 18.7 Å². The lowest BCUT2D eigenvalue weighted by atomic mass is 10.1. The largest absolute Gasteiger partial charge is 0.351 e. The van der Waals surface area contributed by atoms with Crippen LogP contribution in [-0.4, -0.2) is 25.8 Å². The Morgan fingerprint density at radius 3 is 2.71 bits per heavy atom.